The zero-order chi connectivity index (χ0) is 15.6. The van der Waals surface area contributed by atoms with Gasteiger partial charge in [0.2, 0.25) is 5.76 Å². The zero-order valence-corrected chi connectivity index (χ0v) is 13.6. The molecule has 112 valence electrons. The largest absolute Gasteiger partial charge is 0.450 e. The molecular formula is C15H16BrNO4. The third kappa shape index (κ3) is 3.64. The number of fused-ring (bicyclic) bond motifs is 1. The minimum atomic E-state index is -0.640. The van der Waals surface area contributed by atoms with Crippen molar-refractivity contribution in [3.05, 3.63) is 34.0 Å². The van der Waals surface area contributed by atoms with E-state index in [1.165, 1.54) is 0 Å². The summed E-state index contributed by atoms with van der Waals surface area (Å²) in [6.07, 6.45) is 0. The van der Waals surface area contributed by atoms with Gasteiger partial charge in [0.15, 0.2) is 6.61 Å². The molecular weight excluding hydrogens is 338 g/mol. The summed E-state index contributed by atoms with van der Waals surface area (Å²) in [4.78, 5) is 23.5. The fourth-order valence-electron chi connectivity index (χ4n) is 1.95. The van der Waals surface area contributed by atoms with Crippen molar-refractivity contribution in [2.24, 2.45) is 0 Å². The summed E-state index contributed by atoms with van der Waals surface area (Å²) in [5, 5.41) is 3.48. The van der Waals surface area contributed by atoms with E-state index in [0.29, 0.717) is 11.1 Å². The molecule has 6 heteroatoms. The van der Waals surface area contributed by atoms with Crippen LogP contribution in [0.4, 0.5) is 0 Å². The first-order chi connectivity index (χ1) is 9.88. The van der Waals surface area contributed by atoms with Crippen LogP contribution in [0.5, 0.6) is 0 Å². The number of hydrogen-bond acceptors (Lipinski definition) is 4. The molecule has 1 aromatic carbocycles. The normalized spacial score (nSPS) is 10.9. The van der Waals surface area contributed by atoms with E-state index < -0.39 is 5.97 Å². The molecule has 0 fully saturated rings. The lowest BCUT2D eigenvalue weighted by molar-refractivity contribution is -0.124. The molecule has 0 unspecified atom stereocenters. The van der Waals surface area contributed by atoms with Crippen molar-refractivity contribution in [2.75, 3.05) is 6.61 Å². The van der Waals surface area contributed by atoms with Gasteiger partial charge in [-0.2, -0.15) is 0 Å². The van der Waals surface area contributed by atoms with E-state index in [-0.39, 0.29) is 24.3 Å². The Bertz CT molecular complexity index is 690. The number of halogens is 1. The first-order valence-corrected chi connectivity index (χ1v) is 7.33. The molecule has 0 aliphatic carbocycles. The van der Waals surface area contributed by atoms with Crippen LogP contribution in [0.25, 0.3) is 11.0 Å². The highest BCUT2D eigenvalue weighted by atomic mass is 79.9. The van der Waals surface area contributed by atoms with Crippen LogP contribution < -0.4 is 5.32 Å². The lowest BCUT2D eigenvalue weighted by Gasteiger charge is -2.08. The van der Waals surface area contributed by atoms with Gasteiger partial charge in [0.1, 0.15) is 5.58 Å². The van der Waals surface area contributed by atoms with Gasteiger partial charge >= 0.3 is 5.97 Å². The van der Waals surface area contributed by atoms with Gasteiger partial charge in [0, 0.05) is 21.5 Å². The van der Waals surface area contributed by atoms with E-state index in [1.54, 1.807) is 13.0 Å². The first kappa shape index (κ1) is 15.6. The van der Waals surface area contributed by atoms with Crippen LogP contribution in [0.3, 0.4) is 0 Å². The molecule has 0 saturated heterocycles. The van der Waals surface area contributed by atoms with Crippen LogP contribution >= 0.6 is 15.9 Å². The smallest absolute Gasteiger partial charge is 0.375 e. The second-order valence-electron chi connectivity index (χ2n) is 5.00. The maximum atomic E-state index is 12.0. The molecule has 5 nitrogen and oxygen atoms in total. The number of rotatable bonds is 4. The lowest BCUT2D eigenvalue weighted by Crippen LogP contribution is -2.34. The Morgan fingerprint density at radius 1 is 1.38 bits per heavy atom. The monoisotopic (exact) mass is 353 g/mol. The Hall–Kier alpha value is -1.82. The summed E-state index contributed by atoms with van der Waals surface area (Å²) in [6, 6.07) is 5.48. The molecule has 0 radical (unpaired) electrons. The van der Waals surface area contributed by atoms with Crippen LogP contribution in [0.2, 0.25) is 0 Å². The summed E-state index contributed by atoms with van der Waals surface area (Å²) in [7, 11) is 0. The number of carbonyl (C=O) groups is 2. The molecule has 1 amide bonds. The number of benzene rings is 1. The average molecular weight is 354 g/mol. The van der Waals surface area contributed by atoms with Crippen LogP contribution in [-0.4, -0.2) is 24.5 Å². The Balaban J connectivity index is 2.13. The van der Waals surface area contributed by atoms with E-state index in [4.69, 9.17) is 9.15 Å². The zero-order valence-electron chi connectivity index (χ0n) is 12.0. The Labute approximate surface area is 130 Å². The van der Waals surface area contributed by atoms with Gasteiger partial charge in [0.25, 0.3) is 5.91 Å². The lowest BCUT2D eigenvalue weighted by atomic mass is 10.1. The molecule has 0 aliphatic heterocycles. The molecule has 2 aromatic rings. The molecule has 1 N–H and O–H groups in total. The number of nitrogens with one attached hydrogen (secondary N) is 1. The predicted molar refractivity (Wildman–Crippen MR) is 82.2 cm³/mol. The van der Waals surface area contributed by atoms with Crippen LogP contribution in [-0.2, 0) is 9.53 Å². The highest BCUT2D eigenvalue weighted by Crippen LogP contribution is 2.28. The average Bonchev–Trinajstić information content (AvgIpc) is 2.73. The number of amides is 1. The van der Waals surface area contributed by atoms with Crippen LogP contribution in [0.15, 0.2) is 27.1 Å². The SMILES string of the molecule is Cc1c(C(=O)OCC(=O)NC(C)C)oc2ccc(Br)cc12. The quantitative estimate of drug-likeness (QED) is 0.857. The van der Waals surface area contributed by atoms with Crippen molar-refractivity contribution in [3.8, 4) is 0 Å². The van der Waals surface area contributed by atoms with Gasteiger partial charge in [-0.1, -0.05) is 15.9 Å². The summed E-state index contributed by atoms with van der Waals surface area (Å²) in [5.74, 6) is -0.853. The molecule has 0 spiro atoms. The number of furan rings is 1. The minimum absolute atomic E-state index is 0.00138. The summed E-state index contributed by atoms with van der Waals surface area (Å²) >= 11 is 3.37. The Morgan fingerprint density at radius 3 is 2.76 bits per heavy atom. The van der Waals surface area contributed by atoms with Gasteiger partial charge in [-0.25, -0.2) is 4.79 Å². The molecule has 1 heterocycles. The molecule has 0 aliphatic rings. The summed E-state index contributed by atoms with van der Waals surface area (Å²) in [5.41, 5.74) is 1.30. The van der Waals surface area contributed by atoms with E-state index in [0.717, 1.165) is 9.86 Å². The van der Waals surface area contributed by atoms with Crippen molar-refractivity contribution in [1.29, 1.82) is 0 Å². The van der Waals surface area contributed by atoms with Gasteiger partial charge in [-0.05, 0) is 39.0 Å². The first-order valence-electron chi connectivity index (χ1n) is 6.53. The van der Waals surface area contributed by atoms with E-state index in [9.17, 15) is 9.59 Å². The standard InChI is InChI=1S/C15H16BrNO4/c1-8(2)17-13(18)7-20-15(19)14-9(3)11-6-10(16)4-5-12(11)21-14/h4-6,8H,7H2,1-3H3,(H,17,18). The third-order valence-electron chi connectivity index (χ3n) is 2.87. The summed E-state index contributed by atoms with van der Waals surface area (Å²) < 4.78 is 11.4. The fraction of sp³-hybridized carbons (Fsp3) is 0.333. The molecule has 2 rings (SSSR count). The van der Waals surface area contributed by atoms with Crippen molar-refractivity contribution >= 4 is 38.8 Å². The Kier molecular flexibility index (Phi) is 4.67. The van der Waals surface area contributed by atoms with Crippen LogP contribution in [0, 0.1) is 6.92 Å². The number of ether oxygens (including phenoxy) is 1. The van der Waals surface area contributed by atoms with E-state index in [2.05, 4.69) is 21.2 Å². The number of esters is 1. The minimum Gasteiger partial charge on any atom is -0.450 e. The molecule has 0 atom stereocenters. The number of hydrogen-bond donors (Lipinski definition) is 1. The molecule has 1 aromatic heterocycles. The topological polar surface area (TPSA) is 68.5 Å². The van der Waals surface area contributed by atoms with Gasteiger partial charge in [-0.3, -0.25) is 4.79 Å². The molecule has 21 heavy (non-hydrogen) atoms. The third-order valence-corrected chi connectivity index (χ3v) is 3.36. The molecule has 0 saturated carbocycles. The number of carbonyl (C=O) groups excluding carboxylic acids is 2. The van der Waals surface area contributed by atoms with Gasteiger partial charge in [0.05, 0.1) is 0 Å². The number of aryl methyl sites for hydroxylation is 1. The maximum Gasteiger partial charge on any atom is 0.375 e. The van der Waals surface area contributed by atoms with Crippen LogP contribution in [0.1, 0.15) is 30.0 Å². The van der Waals surface area contributed by atoms with Crippen molar-refractivity contribution < 1.29 is 18.7 Å². The van der Waals surface area contributed by atoms with Crippen molar-refractivity contribution in [1.82, 2.24) is 5.32 Å². The predicted octanol–water partition coefficient (Wildman–Crippen LogP) is 3.19. The second kappa shape index (κ2) is 6.30. The second-order valence-corrected chi connectivity index (χ2v) is 5.91. The highest BCUT2D eigenvalue weighted by molar-refractivity contribution is 9.10. The van der Waals surface area contributed by atoms with Gasteiger partial charge < -0.3 is 14.5 Å². The van der Waals surface area contributed by atoms with E-state index in [1.807, 2.05) is 26.0 Å². The Morgan fingerprint density at radius 2 is 2.10 bits per heavy atom. The van der Waals surface area contributed by atoms with Crippen molar-refractivity contribution in [2.45, 2.75) is 26.8 Å². The molecule has 0 bridgehead atoms. The maximum absolute atomic E-state index is 12.0. The summed E-state index contributed by atoms with van der Waals surface area (Å²) in [6.45, 7) is 5.13. The fourth-order valence-corrected chi connectivity index (χ4v) is 2.31. The van der Waals surface area contributed by atoms with E-state index >= 15 is 0 Å². The highest BCUT2D eigenvalue weighted by Gasteiger charge is 2.20. The van der Waals surface area contributed by atoms with Gasteiger partial charge in [-0.15, -0.1) is 0 Å². The van der Waals surface area contributed by atoms with Crippen molar-refractivity contribution in [3.63, 3.8) is 0 Å².